The molecule has 5 atom stereocenters. The maximum absolute atomic E-state index is 6.20. The van der Waals surface area contributed by atoms with Gasteiger partial charge in [-0.2, -0.15) is 0 Å². The van der Waals surface area contributed by atoms with Gasteiger partial charge in [-0.15, -0.1) is 0 Å². The summed E-state index contributed by atoms with van der Waals surface area (Å²) < 4.78 is 17.7. The van der Waals surface area contributed by atoms with E-state index in [2.05, 4.69) is 32.9 Å². The van der Waals surface area contributed by atoms with E-state index in [9.17, 15) is 0 Å². The van der Waals surface area contributed by atoms with Gasteiger partial charge in [0.05, 0.1) is 18.8 Å². The Bertz CT molecular complexity index is 376. The molecule has 1 fully saturated rings. The third-order valence-electron chi connectivity index (χ3n) is 4.28. The highest BCUT2D eigenvalue weighted by atomic mass is 16.7. The van der Waals surface area contributed by atoms with Crippen LogP contribution < -0.4 is 0 Å². The smallest absolute Gasteiger partial charge is 0.162 e. The molecule has 0 spiro atoms. The summed E-state index contributed by atoms with van der Waals surface area (Å²) in [6, 6.07) is 10.3. The van der Waals surface area contributed by atoms with E-state index in [4.69, 9.17) is 14.2 Å². The second-order valence-electron chi connectivity index (χ2n) is 5.67. The van der Waals surface area contributed by atoms with Gasteiger partial charge in [-0.1, -0.05) is 51.1 Å². The third-order valence-corrected chi connectivity index (χ3v) is 4.28. The summed E-state index contributed by atoms with van der Waals surface area (Å²) in [5.74, 6) is 0.617. The van der Waals surface area contributed by atoms with Crippen LogP contribution in [0.15, 0.2) is 30.3 Å². The minimum absolute atomic E-state index is 0.166. The average molecular weight is 278 g/mol. The number of rotatable bonds is 5. The van der Waals surface area contributed by atoms with Crippen molar-refractivity contribution in [3.8, 4) is 0 Å². The summed E-state index contributed by atoms with van der Waals surface area (Å²) in [6.45, 7) is 7.16. The Hall–Kier alpha value is -0.900. The number of ether oxygens (including phenoxy) is 3. The maximum atomic E-state index is 6.20. The summed E-state index contributed by atoms with van der Waals surface area (Å²) in [4.78, 5) is 0. The van der Waals surface area contributed by atoms with Crippen LogP contribution in [-0.4, -0.2) is 25.6 Å². The molecule has 0 N–H and O–H groups in total. The Morgan fingerprint density at radius 3 is 2.40 bits per heavy atom. The van der Waals surface area contributed by atoms with Crippen LogP contribution >= 0.6 is 0 Å². The van der Waals surface area contributed by atoms with Crippen LogP contribution in [0, 0.1) is 11.8 Å². The van der Waals surface area contributed by atoms with Crippen molar-refractivity contribution in [3.63, 3.8) is 0 Å². The van der Waals surface area contributed by atoms with E-state index >= 15 is 0 Å². The topological polar surface area (TPSA) is 27.7 Å². The zero-order valence-corrected chi connectivity index (χ0v) is 12.9. The molecule has 0 aromatic heterocycles. The second-order valence-corrected chi connectivity index (χ2v) is 5.67. The van der Waals surface area contributed by atoms with Crippen LogP contribution in [0.1, 0.15) is 32.8 Å². The van der Waals surface area contributed by atoms with Crippen molar-refractivity contribution in [2.45, 2.75) is 52.3 Å². The zero-order chi connectivity index (χ0) is 14.5. The molecular formula is C17H26O3. The van der Waals surface area contributed by atoms with Crippen LogP contribution in [0.25, 0.3) is 0 Å². The number of hydrogen-bond acceptors (Lipinski definition) is 3. The highest BCUT2D eigenvalue weighted by Gasteiger charge is 2.41. The average Bonchev–Trinajstić information content (AvgIpc) is 2.48. The second kappa shape index (κ2) is 7.21. The molecule has 1 aliphatic rings. The molecule has 1 saturated heterocycles. The Balaban J connectivity index is 2.02. The van der Waals surface area contributed by atoms with E-state index in [1.54, 1.807) is 7.11 Å². The monoisotopic (exact) mass is 278 g/mol. The first-order valence-corrected chi connectivity index (χ1v) is 7.51. The predicted octanol–water partition coefficient (Wildman–Crippen LogP) is 3.63. The molecule has 2 rings (SSSR count). The largest absolute Gasteiger partial charge is 0.373 e. The van der Waals surface area contributed by atoms with Gasteiger partial charge in [0.1, 0.15) is 0 Å². The molecule has 1 unspecified atom stereocenters. The van der Waals surface area contributed by atoms with Crippen molar-refractivity contribution < 1.29 is 14.2 Å². The van der Waals surface area contributed by atoms with Gasteiger partial charge in [-0.25, -0.2) is 0 Å². The molecule has 3 heteroatoms. The van der Waals surface area contributed by atoms with E-state index in [0.29, 0.717) is 12.5 Å². The van der Waals surface area contributed by atoms with Crippen molar-refractivity contribution in [2.75, 3.05) is 7.11 Å². The first-order chi connectivity index (χ1) is 9.67. The van der Waals surface area contributed by atoms with E-state index in [-0.39, 0.29) is 24.4 Å². The molecule has 112 valence electrons. The SMILES string of the molecule is CC[C@H]1OC(OC)[C@H](C)[C@@H](OCc2ccccc2)[C@H]1C. The quantitative estimate of drug-likeness (QED) is 0.823. The van der Waals surface area contributed by atoms with E-state index in [0.717, 1.165) is 6.42 Å². The van der Waals surface area contributed by atoms with E-state index in [1.807, 2.05) is 18.2 Å². The molecule has 0 aliphatic carbocycles. The molecule has 0 radical (unpaired) electrons. The van der Waals surface area contributed by atoms with Crippen molar-refractivity contribution >= 4 is 0 Å². The molecule has 0 amide bonds. The minimum atomic E-state index is -0.170. The fourth-order valence-corrected chi connectivity index (χ4v) is 3.07. The Kier molecular flexibility index (Phi) is 5.58. The lowest BCUT2D eigenvalue weighted by Crippen LogP contribution is -2.50. The van der Waals surface area contributed by atoms with Crippen LogP contribution in [-0.2, 0) is 20.8 Å². The summed E-state index contributed by atoms with van der Waals surface area (Å²) in [7, 11) is 1.71. The lowest BCUT2D eigenvalue weighted by Gasteiger charge is -2.43. The molecule has 0 saturated carbocycles. The van der Waals surface area contributed by atoms with Gasteiger partial charge in [0.15, 0.2) is 6.29 Å². The van der Waals surface area contributed by atoms with Gasteiger partial charge in [0.25, 0.3) is 0 Å². The van der Waals surface area contributed by atoms with Gasteiger partial charge in [-0.05, 0) is 12.0 Å². The summed E-state index contributed by atoms with van der Waals surface area (Å²) in [6.07, 6.45) is 1.19. The van der Waals surface area contributed by atoms with Crippen LogP contribution in [0.5, 0.6) is 0 Å². The maximum Gasteiger partial charge on any atom is 0.162 e. The molecule has 1 aromatic rings. The fourth-order valence-electron chi connectivity index (χ4n) is 3.07. The Morgan fingerprint density at radius 2 is 1.80 bits per heavy atom. The first-order valence-electron chi connectivity index (χ1n) is 7.51. The van der Waals surface area contributed by atoms with E-state index < -0.39 is 0 Å². The van der Waals surface area contributed by atoms with Crippen molar-refractivity contribution in [2.24, 2.45) is 11.8 Å². The summed E-state index contributed by atoms with van der Waals surface area (Å²) in [5, 5.41) is 0. The summed E-state index contributed by atoms with van der Waals surface area (Å²) >= 11 is 0. The lowest BCUT2D eigenvalue weighted by molar-refractivity contribution is -0.262. The third kappa shape index (κ3) is 3.40. The Labute approximate surface area is 122 Å². The molecule has 0 bridgehead atoms. The number of methoxy groups -OCH3 is 1. The molecule has 1 aliphatic heterocycles. The predicted molar refractivity (Wildman–Crippen MR) is 79.3 cm³/mol. The van der Waals surface area contributed by atoms with Crippen LogP contribution in [0.4, 0.5) is 0 Å². The van der Waals surface area contributed by atoms with Crippen LogP contribution in [0.2, 0.25) is 0 Å². The molecule has 1 heterocycles. The number of benzene rings is 1. The van der Waals surface area contributed by atoms with Gasteiger partial charge >= 0.3 is 0 Å². The molecular weight excluding hydrogens is 252 g/mol. The van der Waals surface area contributed by atoms with Gasteiger partial charge in [0.2, 0.25) is 0 Å². The van der Waals surface area contributed by atoms with Crippen molar-refractivity contribution in [1.82, 2.24) is 0 Å². The zero-order valence-electron chi connectivity index (χ0n) is 12.9. The van der Waals surface area contributed by atoms with Gasteiger partial charge in [0, 0.05) is 18.9 Å². The standard InChI is InChI=1S/C17H26O3/c1-5-15-12(2)16(13(3)17(18-4)20-15)19-11-14-9-7-6-8-10-14/h6-10,12-13,15-17H,5,11H2,1-4H3/t12-,13+,15+,16-,17?/m0/s1. The van der Waals surface area contributed by atoms with Crippen molar-refractivity contribution in [3.05, 3.63) is 35.9 Å². The van der Waals surface area contributed by atoms with Gasteiger partial charge < -0.3 is 14.2 Å². The Morgan fingerprint density at radius 1 is 1.10 bits per heavy atom. The highest BCUT2D eigenvalue weighted by Crippen LogP contribution is 2.34. The molecule has 1 aromatic carbocycles. The minimum Gasteiger partial charge on any atom is -0.373 e. The highest BCUT2D eigenvalue weighted by molar-refractivity contribution is 5.13. The van der Waals surface area contributed by atoms with Crippen LogP contribution in [0.3, 0.4) is 0 Å². The molecule has 3 nitrogen and oxygen atoms in total. The molecule has 20 heavy (non-hydrogen) atoms. The lowest BCUT2D eigenvalue weighted by atomic mass is 9.84. The van der Waals surface area contributed by atoms with E-state index in [1.165, 1.54) is 5.56 Å². The normalized spacial score (nSPS) is 34.1. The first kappa shape index (κ1) is 15.5. The van der Waals surface area contributed by atoms with Crippen molar-refractivity contribution in [1.29, 1.82) is 0 Å². The summed E-state index contributed by atoms with van der Waals surface area (Å²) in [5.41, 5.74) is 1.21. The van der Waals surface area contributed by atoms with Gasteiger partial charge in [-0.3, -0.25) is 0 Å². The number of hydrogen-bond donors (Lipinski definition) is 0. The fraction of sp³-hybridized carbons (Fsp3) is 0.647.